The number of hydrogen-bond acceptors (Lipinski definition) is 3. The van der Waals surface area contributed by atoms with Gasteiger partial charge < -0.3 is 14.4 Å². The number of nitrogens with zero attached hydrogens (tertiary/aromatic N) is 2. The molecule has 1 amide bonds. The lowest BCUT2D eigenvalue weighted by Crippen LogP contribution is -2.35. The highest BCUT2D eigenvalue weighted by Gasteiger charge is 2.33. The average molecular weight is 322 g/mol. The van der Waals surface area contributed by atoms with Gasteiger partial charge in [0.2, 0.25) is 0 Å². The number of rotatable bonds is 4. The molecule has 2 aromatic carbocycles. The first-order valence-electron chi connectivity index (χ1n) is 7.96. The molecule has 0 bridgehead atoms. The molecule has 1 aliphatic rings. The Morgan fingerprint density at radius 2 is 1.96 bits per heavy atom. The van der Waals surface area contributed by atoms with E-state index in [1.807, 2.05) is 48.7 Å². The van der Waals surface area contributed by atoms with Crippen LogP contribution in [0.1, 0.15) is 5.56 Å². The summed E-state index contributed by atoms with van der Waals surface area (Å²) in [5, 5.41) is 10.5. The summed E-state index contributed by atoms with van der Waals surface area (Å²) in [6.45, 7) is 0.913. The van der Waals surface area contributed by atoms with Crippen LogP contribution < -0.4 is 4.90 Å². The largest absolute Gasteiger partial charge is 0.447 e. The topological polar surface area (TPSA) is 54.7 Å². The van der Waals surface area contributed by atoms with Gasteiger partial charge in [0.15, 0.2) is 0 Å². The van der Waals surface area contributed by atoms with Crippen molar-refractivity contribution in [1.29, 1.82) is 0 Å². The van der Waals surface area contributed by atoms with Gasteiger partial charge in [-0.25, -0.2) is 4.79 Å². The van der Waals surface area contributed by atoms with Crippen LogP contribution in [0.4, 0.5) is 10.5 Å². The number of amides is 1. The minimum absolute atomic E-state index is 0.112. The Hall–Kier alpha value is -2.79. The van der Waals surface area contributed by atoms with Gasteiger partial charge in [-0.2, -0.15) is 0 Å². The summed E-state index contributed by atoms with van der Waals surface area (Å²) in [4.78, 5) is 13.4. The summed E-state index contributed by atoms with van der Waals surface area (Å²) in [6, 6.07) is 17.9. The molecule has 0 spiro atoms. The molecular weight excluding hydrogens is 304 g/mol. The number of aliphatic hydroxyl groups is 1. The number of benzene rings is 2. The zero-order valence-electron chi connectivity index (χ0n) is 13.1. The summed E-state index contributed by atoms with van der Waals surface area (Å²) in [5.74, 6) is 0. The van der Waals surface area contributed by atoms with Gasteiger partial charge >= 0.3 is 6.09 Å². The summed E-state index contributed by atoms with van der Waals surface area (Å²) < 4.78 is 7.22. The van der Waals surface area contributed by atoms with Crippen molar-refractivity contribution >= 4 is 22.7 Å². The number of ether oxygens (including phenoxy) is 1. The molecule has 0 aliphatic carbocycles. The molecule has 0 unspecified atom stereocenters. The minimum atomic E-state index is -0.405. The first-order chi connectivity index (χ1) is 11.8. The second-order valence-corrected chi connectivity index (χ2v) is 5.96. The number of carbonyl (C=O) groups is 1. The van der Waals surface area contributed by atoms with Crippen molar-refractivity contribution in [2.24, 2.45) is 0 Å². The van der Waals surface area contributed by atoms with Crippen LogP contribution in [-0.4, -0.2) is 35.0 Å². The van der Waals surface area contributed by atoms with Gasteiger partial charge in [-0.15, -0.1) is 0 Å². The van der Waals surface area contributed by atoms with Gasteiger partial charge in [-0.05, 0) is 29.8 Å². The first-order valence-corrected chi connectivity index (χ1v) is 7.96. The van der Waals surface area contributed by atoms with Gasteiger partial charge in [0, 0.05) is 29.3 Å². The van der Waals surface area contributed by atoms with Crippen molar-refractivity contribution in [2.75, 3.05) is 18.1 Å². The number of carbonyl (C=O) groups excluding carboxylic acids is 1. The van der Waals surface area contributed by atoms with E-state index in [1.165, 1.54) is 10.5 Å². The summed E-state index contributed by atoms with van der Waals surface area (Å²) in [6.07, 6.45) is 1.64. The number of fused-ring (bicyclic) bond motifs is 1. The van der Waals surface area contributed by atoms with Gasteiger partial charge in [-0.1, -0.05) is 30.3 Å². The van der Waals surface area contributed by atoms with Crippen molar-refractivity contribution < 1.29 is 14.6 Å². The van der Waals surface area contributed by atoms with Crippen molar-refractivity contribution in [1.82, 2.24) is 4.57 Å². The highest BCUT2D eigenvalue weighted by atomic mass is 16.6. The van der Waals surface area contributed by atoms with E-state index in [0.717, 1.165) is 23.1 Å². The Morgan fingerprint density at radius 1 is 1.12 bits per heavy atom. The Labute approximate surface area is 139 Å². The van der Waals surface area contributed by atoms with Crippen molar-refractivity contribution in [2.45, 2.75) is 12.6 Å². The van der Waals surface area contributed by atoms with E-state index >= 15 is 0 Å². The van der Waals surface area contributed by atoms with Crippen LogP contribution >= 0.6 is 0 Å². The average Bonchev–Trinajstić information content (AvgIpc) is 3.18. The molecule has 122 valence electrons. The fourth-order valence-electron chi connectivity index (χ4n) is 3.17. The molecular formula is C19H18N2O3. The third-order valence-electron chi connectivity index (χ3n) is 4.40. The van der Waals surface area contributed by atoms with Crippen molar-refractivity contribution in [3.63, 3.8) is 0 Å². The molecule has 1 saturated heterocycles. The maximum absolute atomic E-state index is 11.9. The maximum Gasteiger partial charge on any atom is 0.414 e. The summed E-state index contributed by atoms with van der Waals surface area (Å²) >= 11 is 0. The molecule has 5 nitrogen and oxygen atoms in total. The van der Waals surface area contributed by atoms with E-state index < -0.39 is 6.09 Å². The smallest absolute Gasteiger partial charge is 0.414 e. The molecule has 3 aromatic rings. The normalized spacial score (nSPS) is 17.5. The highest BCUT2D eigenvalue weighted by Crippen LogP contribution is 2.28. The Morgan fingerprint density at radius 3 is 2.75 bits per heavy atom. The molecule has 0 radical (unpaired) electrons. The number of cyclic esters (lactones) is 1. The molecule has 1 aromatic heterocycles. The first kappa shape index (κ1) is 14.8. The van der Waals surface area contributed by atoms with E-state index in [4.69, 9.17) is 4.74 Å². The molecule has 1 atom stereocenters. The molecule has 1 N–H and O–H groups in total. The summed E-state index contributed by atoms with van der Waals surface area (Å²) in [7, 11) is 0. The van der Waals surface area contributed by atoms with Gasteiger partial charge in [0.05, 0.1) is 12.6 Å². The van der Waals surface area contributed by atoms with E-state index in [2.05, 4.69) is 16.7 Å². The fourth-order valence-corrected chi connectivity index (χ4v) is 3.17. The van der Waals surface area contributed by atoms with Crippen LogP contribution in [0.25, 0.3) is 10.9 Å². The third kappa shape index (κ3) is 2.53. The van der Waals surface area contributed by atoms with Crippen LogP contribution in [0.15, 0.2) is 60.8 Å². The Kier molecular flexibility index (Phi) is 3.70. The number of aliphatic hydroxyl groups excluding tert-OH is 1. The van der Waals surface area contributed by atoms with Crippen molar-refractivity contribution in [3.05, 3.63) is 66.4 Å². The molecule has 4 rings (SSSR count). The predicted octanol–water partition coefficient (Wildman–Crippen LogP) is 3.01. The van der Waals surface area contributed by atoms with Crippen LogP contribution in [-0.2, 0) is 11.3 Å². The highest BCUT2D eigenvalue weighted by molar-refractivity contribution is 5.94. The third-order valence-corrected chi connectivity index (χ3v) is 4.40. The molecule has 2 heterocycles. The van der Waals surface area contributed by atoms with Gasteiger partial charge in [-0.3, -0.25) is 4.90 Å². The van der Waals surface area contributed by atoms with Crippen LogP contribution in [0.3, 0.4) is 0 Å². The Balaban J connectivity index is 1.67. The lowest BCUT2D eigenvalue weighted by molar-refractivity contribution is 0.174. The second kappa shape index (κ2) is 6.02. The zero-order valence-corrected chi connectivity index (χ0v) is 13.1. The van der Waals surface area contributed by atoms with E-state index in [1.54, 1.807) is 0 Å². The minimum Gasteiger partial charge on any atom is -0.447 e. The molecule has 5 heteroatoms. The number of hydrogen-bond donors (Lipinski definition) is 1. The SMILES string of the molecule is O=C1OC[C@H](CO)N1c1ccc2c(ccn2Cc2ccccc2)c1. The zero-order chi connectivity index (χ0) is 16.5. The quantitative estimate of drug-likeness (QED) is 0.803. The van der Waals surface area contributed by atoms with Gasteiger partial charge in [0.25, 0.3) is 0 Å². The van der Waals surface area contributed by atoms with Crippen LogP contribution in [0.2, 0.25) is 0 Å². The van der Waals surface area contributed by atoms with E-state index in [9.17, 15) is 9.90 Å². The van der Waals surface area contributed by atoms with Crippen LogP contribution in [0.5, 0.6) is 0 Å². The maximum atomic E-state index is 11.9. The standard InChI is InChI=1S/C19H18N2O3/c22-12-17-13-24-19(23)21(17)16-6-7-18-15(10-16)8-9-20(18)11-14-4-2-1-3-5-14/h1-10,17,22H,11-13H2/t17-/m0/s1. The molecule has 0 saturated carbocycles. The monoisotopic (exact) mass is 322 g/mol. The van der Waals surface area contributed by atoms with Gasteiger partial charge in [0.1, 0.15) is 6.61 Å². The van der Waals surface area contributed by atoms with Crippen molar-refractivity contribution in [3.8, 4) is 0 Å². The second-order valence-electron chi connectivity index (χ2n) is 5.96. The van der Waals surface area contributed by atoms with E-state index in [-0.39, 0.29) is 19.3 Å². The summed E-state index contributed by atoms with van der Waals surface area (Å²) in [5.41, 5.74) is 3.10. The lowest BCUT2D eigenvalue weighted by Gasteiger charge is -2.19. The molecule has 1 aliphatic heterocycles. The lowest BCUT2D eigenvalue weighted by atomic mass is 10.2. The van der Waals surface area contributed by atoms with Crippen LogP contribution in [0, 0.1) is 0 Å². The number of anilines is 1. The molecule has 24 heavy (non-hydrogen) atoms. The molecule has 1 fully saturated rings. The Bertz CT molecular complexity index is 873. The predicted molar refractivity (Wildman–Crippen MR) is 92.2 cm³/mol. The van der Waals surface area contributed by atoms with E-state index in [0.29, 0.717) is 0 Å². The number of aromatic nitrogens is 1. The fraction of sp³-hybridized carbons (Fsp3) is 0.211.